The Balaban J connectivity index is 0.00000450. The molecule has 2 rings (SSSR count). The average molecular weight is 527 g/mol. The highest BCUT2D eigenvalue weighted by Crippen LogP contribution is 2.10. The minimum absolute atomic E-state index is 0. The van der Waals surface area contributed by atoms with Gasteiger partial charge in [0.1, 0.15) is 5.82 Å². The normalized spacial score (nSPS) is 10.7. The van der Waals surface area contributed by atoms with E-state index in [2.05, 4.69) is 39.7 Å². The second kappa shape index (κ2) is 13.8. The monoisotopic (exact) mass is 527 g/mol. The van der Waals surface area contributed by atoms with Gasteiger partial charge in [-0.15, -0.1) is 24.0 Å². The van der Waals surface area contributed by atoms with Crippen LogP contribution in [-0.4, -0.2) is 57.5 Å². The molecule has 2 aromatic carbocycles. The summed E-state index contributed by atoms with van der Waals surface area (Å²) in [6, 6.07) is 16.7. The molecule has 2 N–H and O–H groups in total. The maximum Gasteiger partial charge on any atom is 0.241 e. The predicted molar refractivity (Wildman–Crippen MR) is 132 cm³/mol. The first-order valence-corrected chi connectivity index (χ1v) is 9.69. The molecule has 0 aromatic heterocycles. The van der Waals surface area contributed by atoms with Crippen LogP contribution >= 0.6 is 24.0 Å². The lowest BCUT2D eigenvalue weighted by molar-refractivity contribution is -0.127. The van der Waals surface area contributed by atoms with Crippen molar-refractivity contribution in [1.29, 1.82) is 0 Å². The number of nitrogens with zero attached hydrogens (tertiary/aromatic N) is 3. The van der Waals surface area contributed by atoms with Crippen LogP contribution in [0.4, 0.5) is 10.1 Å². The van der Waals surface area contributed by atoms with Gasteiger partial charge in [0.25, 0.3) is 0 Å². The van der Waals surface area contributed by atoms with Gasteiger partial charge in [-0.2, -0.15) is 0 Å². The first kappa shape index (κ1) is 25.7. The highest BCUT2D eigenvalue weighted by atomic mass is 127. The van der Waals surface area contributed by atoms with E-state index in [9.17, 15) is 9.18 Å². The van der Waals surface area contributed by atoms with Gasteiger partial charge in [0.05, 0.1) is 13.1 Å². The number of rotatable bonds is 9. The Hall–Kier alpha value is -2.36. The summed E-state index contributed by atoms with van der Waals surface area (Å²) >= 11 is 0. The van der Waals surface area contributed by atoms with E-state index in [-0.39, 0.29) is 48.8 Å². The molecule has 6 nitrogen and oxygen atoms in total. The number of benzene rings is 2. The summed E-state index contributed by atoms with van der Waals surface area (Å²) in [5.41, 5.74) is 1.67. The van der Waals surface area contributed by atoms with E-state index < -0.39 is 0 Å². The third-order valence-electron chi connectivity index (χ3n) is 4.43. The van der Waals surface area contributed by atoms with Crippen molar-refractivity contribution in [2.45, 2.75) is 13.0 Å². The molecule has 0 aliphatic carbocycles. The van der Waals surface area contributed by atoms with Crippen LogP contribution in [0, 0.1) is 5.82 Å². The average Bonchev–Trinajstić information content (AvgIpc) is 2.73. The van der Waals surface area contributed by atoms with Crippen LogP contribution < -0.4 is 15.5 Å². The molecule has 8 heteroatoms. The van der Waals surface area contributed by atoms with Crippen molar-refractivity contribution in [3.05, 3.63) is 66.0 Å². The van der Waals surface area contributed by atoms with Crippen molar-refractivity contribution in [3.8, 4) is 0 Å². The summed E-state index contributed by atoms with van der Waals surface area (Å²) in [6.07, 6.45) is 0.882. The number of aliphatic imine (C=N–C) groups is 1. The summed E-state index contributed by atoms with van der Waals surface area (Å²) in [6.45, 7) is 1.87. The number of guanidine groups is 1. The molecule has 0 heterocycles. The number of hydrogen-bond donors (Lipinski definition) is 2. The largest absolute Gasteiger partial charge is 0.375 e. The molecule has 0 fully saturated rings. The molecule has 164 valence electrons. The standard InChI is InChI=1S/C22H30FN5O.HI/c1-27(2)21(29)17-26-22(25-16-18-10-7-8-13-20(18)23)24-14-9-15-28(3)19-11-5-4-6-12-19;/h4-8,10-13H,9,14-17H2,1-3H3,(H2,24,25,26);1H. The van der Waals surface area contributed by atoms with Crippen molar-refractivity contribution >= 4 is 41.5 Å². The van der Waals surface area contributed by atoms with Gasteiger partial charge in [-0.05, 0) is 24.6 Å². The molecule has 0 bridgehead atoms. The van der Waals surface area contributed by atoms with Gasteiger partial charge >= 0.3 is 0 Å². The van der Waals surface area contributed by atoms with E-state index in [0.29, 0.717) is 18.1 Å². The number of halogens is 2. The number of anilines is 1. The maximum atomic E-state index is 13.8. The van der Waals surface area contributed by atoms with Gasteiger partial charge in [0.2, 0.25) is 5.91 Å². The lowest BCUT2D eigenvalue weighted by atomic mass is 10.2. The van der Waals surface area contributed by atoms with Crippen molar-refractivity contribution in [1.82, 2.24) is 15.5 Å². The topological polar surface area (TPSA) is 60.0 Å². The highest BCUT2D eigenvalue weighted by Gasteiger charge is 2.07. The number of likely N-dealkylation sites (N-methyl/N-ethyl adjacent to an activating group) is 1. The van der Waals surface area contributed by atoms with Crippen LogP contribution in [0.2, 0.25) is 0 Å². The molecule has 2 aromatic rings. The molecule has 0 spiro atoms. The van der Waals surface area contributed by atoms with Gasteiger partial charge in [-0.1, -0.05) is 36.4 Å². The van der Waals surface area contributed by atoms with Gasteiger partial charge in [0.15, 0.2) is 5.96 Å². The van der Waals surface area contributed by atoms with E-state index in [1.54, 1.807) is 32.3 Å². The van der Waals surface area contributed by atoms with Gasteiger partial charge in [0, 0.05) is 45.5 Å². The molecule has 0 radical (unpaired) electrons. The Morgan fingerprint density at radius 1 is 1.00 bits per heavy atom. The van der Waals surface area contributed by atoms with Crippen LogP contribution in [-0.2, 0) is 11.3 Å². The Morgan fingerprint density at radius 3 is 2.33 bits per heavy atom. The maximum absolute atomic E-state index is 13.8. The van der Waals surface area contributed by atoms with Crippen LogP contribution in [0.1, 0.15) is 12.0 Å². The fraction of sp³-hybridized carbons (Fsp3) is 0.364. The third-order valence-corrected chi connectivity index (χ3v) is 4.43. The zero-order valence-electron chi connectivity index (χ0n) is 17.8. The van der Waals surface area contributed by atoms with Gasteiger partial charge in [-0.3, -0.25) is 4.79 Å². The molecular formula is C22H31FIN5O. The van der Waals surface area contributed by atoms with E-state index in [4.69, 9.17) is 0 Å². The Bertz CT molecular complexity index is 801. The summed E-state index contributed by atoms with van der Waals surface area (Å²) in [5, 5.41) is 6.25. The van der Waals surface area contributed by atoms with Crippen LogP contribution in [0.15, 0.2) is 59.6 Å². The summed E-state index contributed by atoms with van der Waals surface area (Å²) < 4.78 is 13.8. The zero-order valence-corrected chi connectivity index (χ0v) is 20.1. The molecule has 1 amide bonds. The minimum atomic E-state index is -0.288. The highest BCUT2D eigenvalue weighted by molar-refractivity contribution is 14.0. The first-order chi connectivity index (χ1) is 14.0. The number of hydrogen-bond acceptors (Lipinski definition) is 3. The minimum Gasteiger partial charge on any atom is -0.375 e. The Kier molecular flexibility index (Phi) is 11.8. The quantitative estimate of drug-likeness (QED) is 0.228. The Labute approximate surface area is 195 Å². The molecule has 0 aliphatic heterocycles. The molecule has 0 atom stereocenters. The van der Waals surface area contributed by atoms with Crippen LogP contribution in [0.5, 0.6) is 0 Å². The molecule has 0 saturated carbocycles. The van der Waals surface area contributed by atoms with Crippen molar-refractivity contribution < 1.29 is 9.18 Å². The smallest absolute Gasteiger partial charge is 0.241 e. The van der Waals surface area contributed by atoms with Gasteiger partial charge < -0.3 is 20.4 Å². The number of amides is 1. The second-order valence-corrected chi connectivity index (χ2v) is 6.94. The van der Waals surface area contributed by atoms with Crippen LogP contribution in [0.3, 0.4) is 0 Å². The fourth-order valence-electron chi connectivity index (χ4n) is 2.62. The van der Waals surface area contributed by atoms with Crippen molar-refractivity contribution in [2.24, 2.45) is 4.99 Å². The zero-order chi connectivity index (χ0) is 21.1. The SMILES string of the molecule is CN(C)C(=O)CNC(=NCc1ccccc1F)NCCCN(C)c1ccccc1.I. The lowest BCUT2D eigenvalue weighted by Gasteiger charge is -2.20. The van der Waals surface area contributed by atoms with Crippen molar-refractivity contribution in [3.63, 3.8) is 0 Å². The molecule has 0 saturated heterocycles. The summed E-state index contributed by atoms with van der Waals surface area (Å²) in [4.78, 5) is 20.0. The molecule has 0 aliphatic rings. The lowest BCUT2D eigenvalue weighted by Crippen LogP contribution is -2.43. The summed E-state index contributed by atoms with van der Waals surface area (Å²) in [7, 11) is 5.45. The van der Waals surface area contributed by atoms with E-state index in [1.165, 1.54) is 11.0 Å². The van der Waals surface area contributed by atoms with E-state index >= 15 is 0 Å². The Morgan fingerprint density at radius 2 is 1.67 bits per heavy atom. The third kappa shape index (κ3) is 8.98. The predicted octanol–water partition coefficient (Wildman–Crippen LogP) is 3.09. The number of para-hydroxylation sites is 1. The fourth-order valence-corrected chi connectivity index (χ4v) is 2.62. The second-order valence-electron chi connectivity index (χ2n) is 6.94. The van der Waals surface area contributed by atoms with E-state index in [0.717, 1.165) is 18.7 Å². The number of nitrogens with one attached hydrogen (secondary N) is 2. The van der Waals surface area contributed by atoms with Gasteiger partial charge in [-0.25, -0.2) is 9.38 Å². The summed E-state index contributed by atoms with van der Waals surface area (Å²) in [5.74, 6) is 0.143. The number of carbonyl (C=O) groups excluding carboxylic acids is 1. The molecule has 0 unspecified atom stereocenters. The number of carbonyl (C=O) groups is 1. The first-order valence-electron chi connectivity index (χ1n) is 9.69. The molecule has 30 heavy (non-hydrogen) atoms. The molecular weight excluding hydrogens is 496 g/mol. The van der Waals surface area contributed by atoms with Crippen molar-refractivity contribution in [2.75, 3.05) is 45.7 Å². The van der Waals surface area contributed by atoms with Crippen LogP contribution in [0.25, 0.3) is 0 Å². The van der Waals surface area contributed by atoms with E-state index in [1.807, 2.05) is 18.2 Å².